The first-order valence-corrected chi connectivity index (χ1v) is 11.4. The van der Waals surface area contributed by atoms with Crippen LogP contribution in [0.1, 0.15) is 78.1 Å². The predicted octanol–water partition coefficient (Wildman–Crippen LogP) is 7.01. The first-order chi connectivity index (χ1) is 13.0. The molecule has 0 saturated heterocycles. The normalized spacial score (nSPS) is 46.3. The number of halogens is 1. The highest BCUT2D eigenvalue weighted by atomic mass is 19.1. The quantitative estimate of drug-likeness (QED) is 0.544. The molecule has 4 saturated carbocycles. The molecule has 0 bridgehead atoms. The first-order valence-electron chi connectivity index (χ1n) is 11.4. The topological polar surface area (TPSA) is 9.23 Å². The number of fused-ring (bicyclic) bond motifs is 5. The van der Waals surface area contributed by atoms with Gasteiger partial charge >= 0.3 is 0 Å². The van der Waals surface area contributed by atoms with E-state index in [-0.39, 0.29) is 5.82 Å². The van der Waals surface area contributed by atoms with Crippen molar-refractivity contribution in [1.29, 1.82) is 0 Å². The summed E-state index contributed by atoms with van der Waals surface area (Å²) in [6.45, 7) is 5.18. The molecule has 0 unspecified atom stereocenters. The second-order valence-corrected chi connectivity index (χ2v) is 10.7. The van der Waals surface area contributed by atoms with Crippen molar-refractivity contribution in [3.8, 4) is 5.75 Å². The maximum absolute atomic E-state index is 13.4. The largest absolute Gasteiger partial charge is 0.490 e. The zero-order chi connectivity index (χ0) is 18.6. The van der Waals surface area contributed by atoms with Gasteiger partial charge in [0.05, 0.1) is 0 Å². The number of hydrogen-bond acceptors (Lipinski definition) is 1. The Labute approximate surface area is 164 Å². The second-order valence-electron chi connectivity index (χ2n) is 10.7. The molecule has 0 amide bonds. The molecule has 1 aromatic rings. The van der Waals surface area contributed by atoms with Crippen molar-refractivity contribution in [2.45, 2.75) is 84.2 Å². The third-order valence-electron chi connectivity index (χ3n) is 9.45. The molecule has 4 fully saturated rings. The summed E-state index contributed by atoms with van der Waals surface area (Å²) in [5.41, 5.74) is 1.02. The van der Waals surface area contributed by atoms with E-state index < -0.39 is 0 Å². The van der Waals surface area contributed by atoms with Gasteiger partial charge in [0.25, 0.3) is 0 Å². The summed E-state index contributed by atoms with van der Waals surface area (Å²) in [5, 5.41) is 0. The SMILES string of the molecule is C[C@@]12CCC[C@H]1[C@@H]1C[C@@H](Oc3ccc(F)cc3)[C@H]3CCCC[C@]3(C)[C@H]1CC2. The lowest BCUT2D eigenvalue weighted by Crippen LogP contribution is -2.57. The Morgan fingerprint density at radius 3 is 2.44 bits per heavy atom. The van der Waals surface area contributed by atoms with E-state index >= 15 is 0 Å². The van der Waals surface area contributed by atoms with Gasteiger partial charge in [-0.1, -0.05) is 33.1 Å². The number of hydrogen-bond donors (Lipinski definition) is 0. The first kappa shape index (κ1) is 18.0. The third kappa shape index (κ3) is 2.85. The lowest BCUT2D eigenvalue weighted by atomic mass is 9.45. The van der Waals surface area contributed by atoms with Crippen LogP contribution in [0.3, 0.4) is 0 Å². The average molecular weight is 371 g/mol. The molecule has 0 aliphatic heterocycles. The molecule has 1 nitrogen and oxygen atoms in total. The van der Waals surface area contributed by atoms with Crippen molar-refractivity contribution in [3.63, 3.8) is 0 Å². The molecule has 0 heterocycles. The Kier molecular flexibility index (Phi) is 4.33. The Balaban J connectivity index is 1.47. The van der Waals surface area contributed by atoms with E-state index in [1.807, 2.05) is 12.1 Å². The van der Waals surface area contributed by atoms with Crippen LogP contribution in [-0.4, -0.2) is 6.10 Å². The molecule has 0 aromatic heterocycles. The lowest BCUT2D eigenvalue weighted by Gasteiger charge is -2.61. The van der Waals surface area contributed by atoms with E-state index in [0.29, 0.717) is 22.9 Å². The Hall–Kier alpha value is -1.05. The Morgan fingerprint density at radius 2 is 1.63 bits per heavy atom. The molecule has 7 atom stereocenters. The predicted molar refractivity (Wildman–Crippen MR) is 107 cm³/mol. The van der Waals surface area contributed by atoms with Gasteiger partial charge in [-0.05, 0) is 97.8 Å². The van der Waals surface area contributed by atoms with Gasteiger partial charge in [0, 0.05) is 5.92 Å². The number of rotatable bonds is 2. The van der Waals surface area contributed by atoms with Gasteiger partial charge in [-0.15, -0.1) is 0 Å². The smallest absolute Gasteiger partial charge is 0.123 e. The van der Waals surface area contributed by atoms with Gasteiger partial charge in [-0.3, -0.25) is 0 Å². The van der Waals surface area contributed by atoms with Gasteiger partial charge in [0.1, 0.15) is 17.7 Å². The molecule has 148 valence electrons. The van der Waals surface area contributed by atoms with Crippen molar-refractivity contribution < 1.29 is 9.13 Å². The van der Waals surface area contributed by atoms with Crippen LogP contribution in [0.25, 0.3) is 0 Å². The van der Waals surface area contributed by atoms with Crippen LogP contribution in [0.15, 0.2) is 24.3 Å². The van der Waals surface area contributed by atoms with Crippen molar-refractivity contribution in [2.75, 3.05) is 0 Å². The molecule has 1 aromatic carbocycles. The summed E-state index contributed by atoms with van der Waals surface area (Å²) in [5.74, 6) is 3.97. The van der Waals surface area contributed by atoms with Crippen LogP contribution < -0.4 is 4.74 Å². The van der Waals surface area contributed by atoms with Crippen molar-refractivity contribution >= 4 is 0 Å². The van der Waals surface area contributed by atoms with E-state index in [4.69, 9.17) is 4.74 Å². The average Bonchev–Trinajstić information content (AvgIpc) is 3.05. The molecule has 5 rings (SSSR count). The van der Waals surface area contributed by atoms with Gasteiger partial charge < -0.3 is 4.74 Å². The molecular weight excluding hydrogens is 335 g/mol. The minimum atomic E-state index is -0.178. The molecule has 0 spiro atoms. The van der Waals surface area contributed by atoms with Crippen LogP contribution in [0.5, 0.6) is 5.75 Å². The zero-order valence-corrected chi connectivity index (χ0v) is 17.1. The van der Waals surface area contributed by atoms with E-state index in [2.05, 4.69) is 13.8 Å². The number of benzene rings is 1. The van der Waals surface area contributed by atoms with Gasteiger partial charge in [0.2, 0.25) is 0 Å². The fourth-order valence-corrected chi connectivity index (χ4v) is 8.13. The molecular formula is C25H35FO. The monoisotopic (exact) mass is 370 g/mol. The van der Waals surface area contributed by atoms with Crippen LogP contribution in [-0.2, 0) is 0 Å². The summed E-state index contributed by atoms with van der Waals surface area (Å²) in [6.07, 6.45) is 14.1. The minimum absolute atomic E-state index is 0.178. The second kappa shape index (κ2) is 6.49. The Morgan fingerprint density at radius 1 is 0.852 bits per heavy atom. The molecule has 4 aliphatic carbocycles. The van der Waals surface area contributed by atoms with Crippen molar-refractivity contribution in [1.82, 2.24) is 0 Å². The summed E-state index contributed by atoms with van der Waals surface area (Å²) in [7, 11) is 0. The summed E-state index contributed by atoms with van der Waals surface area (Å²) in [6, 6.07) is 6.72. The number of ether oxygens (including phenoxy) is 1. The van der Waals surface area contributed by atoms with Crippen LogP contribution >= 0.6 is 0 Å². The highest BCUT2D eigenvalue weighted by Crippen LogP contribution is 2.66. The molecule has 0 radical (unpaired) electrons. The Bertz CT molecular complexity index is 684. The zero-order valence-electron chi connectivity index (χ0n) is 17.1. The molecule has 2 heteroatoms. The highest BCUT2D eigenvalue weighted by molar-refractivity contribution is 5.23. The van der Waals surface area contributed by atoms with E-state index in [1.165, 1.54) is 76.3 Å². The third-order valence-corrected chi connectivity index (χ3v) is 9.45. The maximum atomic E-state index is 13.4. The van der Waals surface area contributed by atoms with Gasteiger partial charge in [-0.2, -0.15) is 0 Å². The van der Waals surface area contributed by atoms with Crippen molar-refractivity contribution in [2.24, 2.45) is 34.5 Å². The van der Waals surface area contributed by atoms with E-state index in [9.17, 15) is 4.39 Å². The van der Waals surface area contributed by atoms with E-state index in [0.717, 1.165) is 23.5 Å². The minimum Gasteiger partial charge on any atom is -0.490 e. The molecule has 27 heavy (non-hydrogen) atoms. The fraction of sp³-hybridized carbons (Fsp3) is 0.760. The van der Waals surface area contributed by atoms with E-state index in [1.54, 1.807) is 0 Å². The van der Waals surface area contributed by atoms with Gasteiger partial charge in [-0.25, -0.2) is 4.39 Å². The summed E-state index contributed by atoms with van der Waals surface area (Å²) < 4.78 is 20.0. The lowest BCUT2D eigenvalue weighted by molar-refractivity contribution is -0.146. The van der Waals surface area contributed by atoms with Crippen LogP contribution in [0.4, 0.5) is 4.39 Å². The summed E-state index contributed by atoms with van der Waals surface area (Å²) >= 11 is 0. The van der Waals surface area contributed by atoms with Gasteiger partial charge in [0.15, 0.2) is 0 Å². The van der Waals surface area contributed by atoms with Crippen LogP contribution in [0.2, 0.25) is 0 Å². The highest BCUT2D eigenvalue weighted by Gasteiger charge is 2.60. The molecule has 0 N–H and O–H groups in total. The standard InChI is InChI=1S/C25H35FO/c1-24-13-5-7-20(24)19-16-23(27-18-10-8-17(26)9-11-18)22-6-3-4-14-25(22,2)21(19)12-15-24/h8-11,19-23H,3-7,12-16H2,1-2H3/t19-,20-,21-,22+,23+,24-,25+/m0/s1. The maximum Gasteiger partial charge on any atom is 0.123 e. The molecule has 4 aliphatic rings. The van der Waals surface area contributed by atoms with Crippen molar-refractivity contribution in [3.05, 3.63) is 30.1 Å². The van der Waals surface area contributed by atoms with Crippen LogP contribution in [0, 0.1) is 40.3 Å². The summed E-state index contributed by atoms with van der Waals surface area (Å²) in [4.78, 5) is 0. The fourth-order valence-electron chi connectivity index (χ4n) is 8.13.